The maximum atomic E-state index is 12.6. The molecule has 0 aliphatic carbocycles. The van der Waals surface area contributed by atoms with Gasteiger partial charge in [0.25, 0.3) is 11.8 Å². The smallest absolute Gasteiger partial charge is 0.335 e. The molecule has 0 atom stereocenters. The standard InChI is InChI=1S/C17H11ClN2O4/c18-13-8-1-2-9-14(13)20-16(22)12(15(21)19-17(20)23)7-3-5-11-6-4-10-24-11/h1-10H,(H,19,21,23)/b5-3+,12-7-. The molecule has 4 amide bonds. The Labute approximate surface area is 142 Å². The first-order chi connectivity index (χ1) is 11.6. The normalized spacial score (nSPS) is 17.0. The number of benzene rings is 1. The number of carbonyl (C=O) groups is 3. The van der Waals surface area contributed by atoms with E-state index in [1.165, 1.54) is 24.5 Å². The zero-order chi connectivity index (χ0) is 17.1. The van der Waals surface area contributed by atoms with E-state index in [1.807, 2.05) is 0 Å². The van der Waals surface area contributed by atoms with Crippen LogP contribution in [-0.2, 0) is 9.59 Å². The van der Waals surface area contributed by atoms with Gasteiger partial charge in [-0.1, -0.05) is 29.8 Å². The number of nitrogens with one attached hydrogen (secondary N) is 1. The summed E-state index contributed by atoms with van der Waals surface area (Å²) in [7, 11) is 0. The Morgan fingerprint density at radius 2 is 1.88 bits per heavy atom. The summed E-state index contributed by atoms with van der Waals surface area (Å²) in [4.78, 5) is 37.3. The summed E-state index contributed by atoms with van der Waals surface area (Å²) < 4.78 is 5.12. The molecule has 1 aliphatic heterocycles. The third-order valence-electron chi connectivity index (χ3n) is 3.26. The number of hydrogen-bond donors (Lipinski definition) is 1. The Hall–Kier alpha value is -3.12. The number of carbonyl (C=O) groups excluding carboxylic acids is 3. The highest BCUT2D eigenvalue weighted by molar-refractivity contribution is 6.41. The van der Waals surface area contributed by atoms with Crippen LogP contribution in [0.5, 0.6) is 0 Å². The van der Waals surface area contributed by atoms with Gasteiger partial charge in [-0.25, -0.2) is 9.69 Å². The van der Waals surface area contributed by atoms with E-state index in [-0.39, 0.29) is 16.3 Å². The molecule has 1 aliphatic rings. The van der Waals surface area contributed by atoms with E-state index in [0.717, 1.165) is 4.90 Å². The van der Waals surface area contributed by atoms with Crippen molar-refractivity contribution in [3.63, 3.8) is 0 Å². The van der Waals surface area contributed by atoms with Crippen LogP contribution in [0.25, 0.3) is 6.08 Å². The van der Waals surface area contributed by atoms with Gasteiger partial charge in [0.15, 0.2) is 0 Å². The van der Waals surface area contributed by atoms with Crippen molar-refractivity contribution in [1.82, 2.24) is 5.32 Å². The topological polar surface area (TPSA) is 79.6 Å². The predicted molar refractivity (Wildman–Crippen MR) is 88.3 cm³/mol. The van der Waals surface area contributed by atoms with Crippen LogP contribution in [0.3, 0.4) is 0 Å². The Morgan fingerprint density at radius 1 is 1.08 bits per heavy atom. The van der Waals surface area contributed by atoms with E-state index in [4.69, 9.17) is 16.0 Å². The lowest BCUT2D eigenvalue weighted by Crippen LogP contribution is -2.54. The van der Waals surface area contributed by atoms with Gasteiger partial charge in [0, 0.05) is 0 Å². The Morgan fingerprint density at radius 3 is 2.58 bits per heavy atom. The Bertz CT molecular complexity index is 868. The van der Waals surface area contributed by atoms with Gasteiger partial charge in [-0.05, 0) is 36.4 Å². The van der Waals surface area contributed by atoms with E-state index in [1.54, 1.807) is 36.4 Å². The van der Waals surface area contributed by atoms with Gasteiger partial charge in [0.1, 0.15) is 11.3 Å². The summed E-state index contributed by atoms with van der Waals surface area (Å²) in [5.41, 5.74) is 0.0207. The quantitative estimate of drug-likeness (QED) is 0.686. The van der Waals surface area contributed by atoms with Crippen LogP contribution >= 0.6 is 11.6 Å². The van der Waals surface area contributed by atoms with Crippen LogP contribution in [0.1, 0.15) is 5.76 Å². The van der Waals surface area contributed by atoms with Crippen molar-refractivity contribution in [2.75, 3.05) is 4.90 Å². The zero-order valence-electron chi connectivity index (χ0n) is 12.2. The minimum absolute atomic E-state index is 0.183. The van der Waals surface area contributed by atoms with Gasteiger partial charge in [-0.3, -0.25) is 14.9 Å². The van der Waals surface area contributed by atoms with E-state index >= 15 is 0 Å². The van der Waals surface area contributed by atoms with Crippen molar-refractivity contribution >= 4 is 41.2 Å². The van der Waals surface area contributed by atoms with Crippen molar-refractivity contribution in [2.24, 2.45) is 0 Å². The molecule has 7 heteroatoms. The molecule has 2 heterocycles. The fourth-order valence-electron chi connectivity index (χ4n) is 2.15. The largest absolute Gasteiger partial charge is 0.465 e. The third kappa shape index (κ3) is 3.00. The van der Waals surface area contributed by atoms with Crippen LogP contribution in [0, 0.1) is 0 Å². The molecule has 0 saturated carbocycles. The molecule has 1 N–H and O–H groups in total. The highest BCUT2D eigenvalue weighted by Crippen LogP contribution is 2.28. The molecule has 2 aromatic rings. The first kappa shape index (κ1) is 15.8. The summed E-state index contributed by atoms with van der Waals surface area (Å²) >= 11 is 6.04. The molecule has 24 heavy (non-hydrogen) atoms. The van der Waals surface area contributed by atoms with Crippen molar-refractivity contribution in [3.8, 4) is 0 Å². The number of anilines is 1. The van der Waals surface area contributed by atoms with Crippen LogP contribution in [0.15, 0.2) is 64.8 Å². The maximum absolute atomic E-state index is 12.6. The van der Waals surface area contributed by atoms with Crippen LogP contribution < -0.4 is 10.2 Å². The lowest BCUT2D eigenvalue weighted by molar-refractivity contribution is -0.122. The lowest BCUT2D eigenvalue weighted by atomic mass is 10.1. The molecule has 120 valence electrons. The summed E-state index contributed by atoms with van der Waals surface area (Å²) in [6.07, 6.45) is 5.90. The average molecular weight is 343 g/mol. The first-order valence-corrected chi connectivity index (χ1v) is 7.32. The summed E-state index contributed by atoms with van der Waals surface area (Å²) in [6.45, 7) is 0. The minimum atomic E-state index is -0.842. The number of allylic oxidation sites excluding steroid dienone is 2. The van der Waals surface area contributed by atoms with Crippen LogP contribution in [0.2, 0.25) is 5.02 Å². The second kappa shape index (κ2) is 6.55. The molecule has 1 fully saturated rings. The number of rotatable bonds is 3. The second-order valence-electron chi connectivity index (χ2n) is 4.81. The van der Waals surface area contributed by atoms with Crippen LogP contribution in [-0.4, -0.2) is 17.8 Å². The van der Waals surface area contributed by atoms with Gasteiger partial charge in [-0.15, -0.1) is 0 Å². The van der Waals surface area contributed by atoms with E-state index in [2.05, 4.69) is 5.32 Å². The molecule has 1 aromatic carbocycles. The lowest BCUT2D eigenvalue weighted by Gasteiger charge is -2.26. The molecule has 0 radical (unpaired) electrons. The van der Waals surface area contributed by atoms with Crippen molar-refractivity contribution in [3.05, 3.63) is 71.2 Å². The first-order valence-electron chi connectivity index (χ1n) is 6.94. The van der Waals surface area contributed by atoms with Gasteiger partial charge >= 0.3 is 6.03 Å². The number of urea groups is 1. The van der Waals surface area contributed by atoms with Gasteiger partial charge in [0.2, 0.25) is 0 Å². The Kier molecular flexibility index (Phi) is 4.31. The number of furan rings is 1. The number of nitrogens with zero attached hydrogens (tertiary/aromatic N) is 1. The van der Waals surface area contributed by atoms with Crippen molar-refractivity contribution < 1.29 is 18.8 Å². The van der Waals surface area contributed by atoms with E-state index in [9.17, 15) is 14.4 Å². The number of amides is 4. The molecule has 3 rings (SSSR count). The van der Waals surface area contributed by atoms with Crippen molar-refractivity contribution in [2.45, 2.75) is 0 Å². The molecular weight excluding hydrogens is 332 g/mol. The molecule has 0 bridgehead atoms. The second-order valence-corrected chi connectivity index (χ2v) is 5.21. The molecule has 6 nitrogen and oxygen atoms in total. The molecular formula is C17H11ClN2O4. The number of halogens is 1. The number of para-hydroxylation sites is 1. The van der Waals surface area contributed by atoms with E-state index in [0.29, 0.717) is 5.76 Å². The zero-order valence-corrected chi connectivity index (χ0v) is 13.0. The Balaban J connectivity index is 1.93. The summed E-state index contributed by atoms with van der Waals surface area (Å²) in [5.74, 6) is -0.951. The van der Waals surface area contributed by atoms with Crippen LogP contribution in [0.4, 0.5) is 10.5 Å². The SMILES string of the molecule is O=C1NC(=O)N(c2ccccc2Cl)C(=O)/C1=C\C=C\c1ccco1. The third-order valence-corrected chi connectivity index (χ3v) is 3.58. The average Bonchev–Trinajstić information content (AvgIpc) is 3.05. The number of barbiturate groups is 1. The van der Waals surface area contributed by atoms with Crippen molar-refractivity contribution in [1.29, 1.82) is 0 Å². The summed E-state index contributed by atoms with van der Waals surface area (Å²) in [6, 6.07) is 8.97. The molecule has 1 aromatic heterocycles. The fourth-order valence-corrected chi connectivity index (χ4v) is 2.37. The van der Waals surface area contributed by atoms with Gasteiger partial charge in [0.05, 0.1) is 17.0 Å². The number of hydrogen-bond acceptors (Lipinski definition) is 4. The molecule has 0 spiro atoms. The minimum Gasteiger partial charge on any atom is -0.465 e. The number of imide groups is 2. The monoisotopic (exact) mass is 342 g/mol. The van der Waals surface area contributed by atoms with Gasteiger partial charge in [-0.2, -0.15) is 0 Å². The maximum Gasteiger partial charge on any atom is 0.335 e. The summed E-state index contributed by atoms with van der Waals surface area (Å²) in [5, 5.41) is 2.35. The van der Waals surface area contributed by atoms with E-state index < -0.39 is 17.8 Å². The molecule has 0 unspecified atom stereocenters. The predicted octanol–water partition coefficient (Wildman–Crippen LogP) is 3.16. The molecule has 1 saturated heterocycles. The van der Waals surface area contributed by atoms with Gasteiger partial charge < -0.3 is 4.42 Å². The fraction of sp³-hybridized carbons (Fsp3) is 0. The highest BCUT2D eigenvalue weighted by Gasteiger charge is 2.37. The highest BCUT2D eigenvalue weighted by atomic mass is 35.5.